The van der Waals surface area contributed by atoms with E-state index in [1.807, 2.05) is 31.2 Å². The number of amides is 1. The minimum absolute atomic E-state index is 0.367. The molecule has 0 aliphatic carbocycles. The summed E-state index contributed by atoms with van der Waals surface area (Å²) in [5, 5.41) is 4.11. The normalized spacial score (nSPS) is 12.9. The molecule has 1 amide bonds. The topological polar surface area (TPSA) is 88.1 Å². The molecule has 0 saturated heterocycles. The Morgan fingerprint density at radius 3 is 2.45 bits per heavy atom. The number of halogens is 1. The Morgan fingerprint density at radius 1 is 1.24 bits per heavy atom. The summed E-state index contributed by atoms with van der Waals surface area (Å²) in [5.74, 6) is 0.0784. The number of benzene rings is 2. The molecule has 0 radical (unpaired) electrons. The van der Waals surface area contributed by atoms with Crippen molar-refractivity contribution in [1.29, 1.82) is 0 Å². The van der Waals surface area contributed by atoms with Crippen molar-refractivity contribution in [1.82, 2.24) is 5.43 Å². The Kier molecular flexibility index (Phi) is 7.80. The van der Waals surface area contributed by atoms with Gasteiger partial charge in [-0.3, -0.25) is 9.10 Å². The van der Waals surface area contributed by atoms with Crippen molar-refractivity contribution in [2.75, 3.05) is 17.2 Å². The second-order valence-corrected chi connectivity index (χ2v) is 9.12. The molecule has 29 heavy (non-hydrogen) atoms. The first-order chi connectivity index (χ1) is 13.6. The number of carbonyl (C=O) groups is 1. The van der Waals surface area contributed by atoms with Crippen LogP contribution in [0.3, 0.4) is 0 Å². The lowest BCUT2D eigenvalue weighted by molar-refractivity contribution is -0.121. The Hall–Kier alpha value is -2.39. The monoisotopic (exact) mass is 481 g/mol. The van der Waals surface area contributed by atoms with Gasteiger partial charge in [-0.1, -0.05) is 28.1 Å². The van der Waals surface area contributed by atoms with E-state index in [0.717, 1.165) is 20.6 Å². The van der Waals surface area contributed by atoms with Crippen LogP contribution in [0.4, 0.5) is 5.69 Å². The lowest BCUT2D eigenvalue weighted by Crippen LogP contribution is -2.46. The molecule has 0 fully saturated rings. The summed E-state index contributed by atoms with van der Waals surface area (Å²) < 4.78 is 32.0. The van der Waals surface area contributed by atoms with Crippen LogP contribution in [0, 0.1) is 0 Å². The molecule has 0 spiro atoms. The molecule has 0 bridgehead atoms. The summed E-state index contributed by atoms with van der Waals surface area (Å²) >= 11 is 3.39. The predicted octanol–water partition coefficient (Wildman–Crippen LogP) is 3.54. The number of sulfonamides is 1. The fourth-order valence-corrected chi connectivity index (χ4v) is 4.25. The zero-order valence-electron chi connectivity index (χ0n) is 16.7. The number of ether oxygens (including phenoxy) is 1. The van der Waals surface area contributed by atoms with E-state index in [-0.39, 0.29) is 0 Å². The summed E-state index contributed by atoms with van der Waals surface area (Å²) in [6.45, 7) is 5.63. The fraction of sp³-hybridized carbons (Fsp3) is 0.300. The van der Waals surface area contributed by atoms with Gasteiger partial charge >= 0.3 is 0 Å². The second kappa shape index (κ2) is 9.89. The van der Waals surface area contributed by atoms with Crippen LogP contribution in [-0.4, -0.2) is 38.9 Å². The van der Waals surface area contributed by atoms with E-state index in [4.69, 9.17) is 4.74 Å². The van der Waals surface area contributed by atoms with Crippen LogP contribution in [-0.2, 0) is 14.8 Å². The lowest BCUT2D eigenvalue weighted by Gasteiger charge is -2.27. The maximum atomic E-state index is 12.6. The van der Waals surface area contributed by atoms with Crippen LogP contribution in [0.15, 0.2) is 58.1 Å². The van der Waals surface area contributed by atoms with Crippen LogP contribution < -0.4 is 14.5 Å². The average Bonchev–Trinajstić information content (AvgIpc) is 2.66. The maximum Gasteiger partial charge on any atom is 0.263 e. The molecule has 0 aliphatic rings. The number of hydrogen-bond donors (Lipinski definition) is 1. The van der Waals surface area contributed by atoms with Crippen molar-refractivity contribution in [3.8, 4) is 5.75 Å². The highest BCUT2D eigenvalue weighted by Crippen LogP contribution is 2.24. The quantitative estimate of drug-likeness (QED) is 0.461. The van der Waals surface area contributed by atoms with Gasteiger partial charge in [0.1, 0.15) is 11.8 Å². The van der Waals surface area contributed by atoms with Gasteiger partial charge in [0, 0.05) is 4.47 Å². The first-order valence-electron chi connectivity index (χ1n) is 8.95. The van der Waals surface area contributed by atoms with Crippen molar-refractivity contribution in [2.24, 2.45) is 5.10 Å². The highest BCUT2D eigenvalue weighted by Gasteiger charge is 2.29. The van der Waals surface area contributed by atoms with Crippen molar-refractivity contribution in [2.45, 2.75) is 26.8 Å². The van der Waals surface area contributed by atoms with E-state index >= 15 is 0 Å². The summed E-state index contributed by atoms with van der Waals surface area (Å²) in [5.41, 5.74) is 4.25. The molecule has 2 aromatic rings. The van der Waals surface area contributed by atoms with Gasteiger partial charge in [0.05, 0.1) is 24.3 Å². The number of anilines is 1. The van der Waals surface area contributed by atoms with Crippen molar-refractivity contribution < 1.29 is 17.9 Å². The number of rotatable bonds is 8. The van der Waals surface area contributed by atoms with Gasteiger partial charge in [-0.05, 0) is 62.7 Å². The number of hydrogen-bond acceptors (Lipinski definition) is 5. The summed E-state index contributed by atoms with van der Waals surface area (Å²) in [6, 6.07) is 13.0. The van der Waals surface area contributed by atoms with Gasteiger partial charge in [0.25, 0.3) is 5.91 Å². The molecule has 0 saturated carbocycles. The molecule has 1 N–H and O–H groups in total. The van der Waals surface area contributed by atoms with Gasteiger partial charge in [-0.2, -0.15) is 5.10 Å². The van der Waals surface area contributed by atoms with E-state index in [9.17, 15) is 13.2 Å². The summed E-state index contributed by atoms with van der Waals surface area (Å²) in [7, 11) is -3.71. The number of nitrogens with one attached hydrogen (secondary N) is 1. The standard InChI is InChI=1S/C20H24BrN3O4S/c1-5-28-19-11-9-18(10-12-19)24(29(4,26)27)15(3)20(25)23-22-14(2)16-7-6-8-17(21)13-16/h6-13,15H,5H2,1-4H3,(H,23,25)/b22-14-/t15-/m1/s1. The molecule has 0 aliphatic heterocycles. The zero-order chi connectivity index (χ0) is 21.6. The average molecular weight is 482 g/mol. The van der Waals surface area contributed by atoms with Gasteiger partial charge < -0.3 is 4.74 Å². The molecule has 0 heterocycles. The highest BCUT2D eigenvalue weighted by atomic mass is 79.9. The third kappa shape index (κ3) is 6.30. The van der Waals surface area contributed by atoms with Crippen LogP contribution in [0.25, 0.3) is 0 Å². The molecule has 7 nitrogen and oxygen atoms in total. The summed E-state index contributed by atoms with van der Waals surface area (Å²) in [6.07, 6.45) is 1.06. The minimum Gasteiger partial charge on any atom is -0.494 e. The summed E-state index contributed by atoms with van der Waals surface area (Å²) in [4.78, 5) is 12.6. The fourth-order valence-electron chi connectivity index (χ4n) is 2.68. The van der Waals surface area contributed by atoms with E-state index in [1.54, 1.807) is 31.2 Å². The molecule has 9 heteroatoms. The van der Waals surface area contributed by atoms with E-state index in [2.05, 4.69) is 26.5 Å². The molecule has 0 unspecified atom stereocenters. The zero-order valence-corrected chi connectivity index (χ0v) is 19.1. The number of nitrogens with zero attached hydrogens (tertiary/aromatic N) is 2. The van der Waals surface area contributed by atoms with Crippen molar-refractivity contribution in [3.63, 3.8) is 0 Å². The number of carbonyl (C=O) groups excluding carboxylic acids is 1. The molecule has 1 atom stereocenters. The largest absolute Gasteiger partial charge is 0.494 e. The van der Waals surface area contributed by atoms with Crippen molar-refractivity contribution in [3.05, 3.63) is 58.6 Å². The second-order valence-electron chi connectivity index (χ2n) is 6.35. The first kappa shape index (κ1) is 22.9. The van der Waals surface area contributed by atoms with Crippen LogP contribution in [0.1, 0.15) is 26.3 Å². The minimum atomic E-state index is -3.71. The molecule has 2 rings (SSSR count). The Labute approximate surface area is 179 Å². The smallest absolute Gasteiger partial charge is 0.263 e. The predicted molar refractivity (Wildman–Crippen MR) is 119 cm³/mol. The van der Waals surface area contributed by atoms with Crippen molar-refractivity contribution >= 4 is 43.3 Å². The Balaban J connectivity index is 2.21. The van der Waals surface area contributed by atoms with E-state index < -0.39 is 22.0 Å². The third-order valence-electron chi connectivity index (χ3n) is 4.07. The lowest BCUT2D eigenvalue weighted by atomic mass is 10.1. The highest BCUT2D eigenvalue weighted by molar-refractivity contribution is 9.10. The molecular weight excluding hydrogens is 458 g/mol. The van der Waals surface area contributed by atoms with Gasteiger partial charge in [0.15, 0.2) is 0 Å². The molecule has 0 aromatic heterocycles. The van der Waals surface area contributed by atoms with Crippen LogP contribution in [0.5, 0.6) is 5.75 Å². The molecule has 156 valence electrons. The van der Waals surface area contributed by atoms with Crippen LogP contribution >= 0.6 is 15.9 Å². The molecular formula is C20H24BrN3O4S. The Bertz CT molecular complexity index is 991. The van der Waals surface area contributed by atoms with E-state index in [0.29, 0.717) is 23.8 Å². The van der Waals surface area contributed by atoms with Gasteiger partial charge in [-0.25, -0.2) is 13.8 Å². The van der Waals surface area contributed by atoms with Gasteiger partial charge in [-0.15, -0.1) is 0 Å². The number of hydrazone groups is 1. The van der Waals surface area contributed by atoms with Crippen LogP contribution in [0.2, 0.25) is 0 Å². The molecule has 2 aromatic carbocycles. The van der Waals surface area contributed by atoms with E-state index in [1.165, 1.54) is 6.92 Å². The third-order valence-corrected chi connectivity index (χ3v) is 5.80. The SMILES string of the molecule is CCOc1ccc(N([C@H](C)C(=O)N/N=C(/C)c2cccc(Br)c2)S(C)(=O)=O)cc1. The van der Waals surface area contributed by atoms with Gasteiger partial charge in [0.2, 0.25) is 10.0 Å². The maximum absolute atomic E-state index is 12.6. The Morgan fingerprint density at radius 2 is 1.90 bits per heavy atom. The first-order valence-corrected chi connectivity index (χ1v) is 11.6.